The van der Waals surface area contributed by atoms with Crippen LogP contribution in [0, 0.1) is 6.92 Å². The minimum Gasteiger partial charge on any atom is -0.332 e. The standard InChI is InChI=1S/C20H22N4S/c1-3-16-8-10-18(11-9-16)21-20(25)22-19-12-13-24(23-19)14-17-6-4-15(2)5-7-17/h4-13H,3,14H2,1-2H3,(H2,21,22,23,25). The Morgan fingerprint density at radius 2 is 1.64 bits per heavy atom. The summed E-state index contributed by atoms with van der Waals surface area (Å²) < 4.78 is 1.89. The molecule has 128 valence electrons. The van der Waals surface area contributed by atoms with Gasteiger partial charge in [0.1, 0.15) is 0 Å². The molecule has 1 aromatic heterocycles. The molecule has 1 heterocycles. The number of aryl methyl sites for hydroxylation is 2. The van der Waals surface area contributed by atoms with Crippen molar-refractivity contribution in [3.63, 3.8) is 0 Å². The van der Waals surface area contributed by atoms with Crippen molar-refractivity contribution in [1.29, 1.82) is 0 Å². The van der Waals surface area contributed by atoms with E-state index in [1.54, 1.807) is 0 Å². The maximum Gasteiger partial charge on any atom is 0.176 e. The van der Waals surface area contributed by atoms with E-state index in [0.717, 1.165) is 24.5 Å². The van der Waals surface area contributed by atoms with Crippen molar-refractivity contribution in [2.24, 2.45) is 0 Å². The van der Waals surface area contributed by atoms with E-state index in [1.165, 1.54) is 16.7 Å². The molecule has 0 atom stereocenters. The number of hydrogen-bond donors (Lipinski definition) is 2. The summed E-state index contributed by atoms with van der Waals surface area (Å²) in [6, 6.07) is 18.6. The molecule has 0 fully saturated rings. The van der Waals surface area contributed by atoms with Gasteiger partial charge in [0.15, 0.2) is 10.9 Å². The van der Waals surface area contributed by atoms with E-state index in [2.05, 4.69) is 66.0 Å². The number of aromatic nitrogens is 2. The molecule has 4 nitrogen and oxygen atoms in total. The first kappa shape index (κ1) is 17.2. The van der Waals surface area contributed by atoms with E-state index in [9.17, 15) is 0 Å². The SMILES string of the molecule is CCc1ccc(NC(=S)Nc2ccn(Cc3ccc(C)cc3)n2)cc1. The lowest BCUT2D eigenvalue weighted by Crippen LogP contribution is -2.19. The van der Waals surface area contributed by atoms with Gasteiger partial charge in [0.25, 0.3) is 0 Å². The molecule has 0 spiro atoms. The number of thiocarbonyl (C=S) groups is 1. The van der Waals surface area contributed by atoms with Gasteiger partial charge in [-0.15, -0.1) is 0 Å². The Morgan fingerprint density at radius 3 is 2.32 bits per heavy atom. The van der Waals surface area contributed by atoms with Crippen molar-refractivity contribution in [3.05, 3.63) is 77.5 Å². The molecule has 3 aromatic rings. The van der Waals surface area contributed by atoms with Gasteiger partial charge in [0, 0.05) is 18.0 Å². The second kappa shape index (κ2) is 7.94. The topological polar surface area (TPSA) is 41.9 Å². The molecular weight excluding hydrogens is 328 g/mol. The van der Waals surface area contributed by atoms with Crippen LogP contribution in [0.25, 0.3) is 0 Å². The summed E-state index contributed by atoms with van der Waals surface area (Å²) in [5, 5.41) is 11.3. The highest BCUT2D eigenvalue weighted by Gasteiger charge is 2.03. The second-order valence-corrected chi connectivity index (χ2v) is 6.42. The predicted octanol–water partition coefficient (Wildman–Crippen LogP) is 4.61. The van der Waals surface area contributed by atoms with Crippen LogP contribution in [0.5, 0.6) is 0 Å². The third kappa shape index (κ3) is 4.90. The first-order valence-electron chi connectivity index (χ1n) is 8.38. The molecule has 0 aliphatic heterocycles. The highest BCUT2D eigenvalue weighted by atomic mass is 32.1. The first-order valence-corrected chi connectivity index (χ1v) is 8.79. The zero-order chi connectivity index (χ0) is 17.6. The third-order valence-corrected chi connectivity index (χ3v) is 4.17. The van der Waals surface area contributed by atoms with E-state index in [4.69, 9.17) is 12.2 Å². The van der Waals surface area contributed by atoms with Crippen LogP contribution in [0.4, 0.5) is 11.5 Å². The van der Waals surface area contributed by atoms with E-state index in [0.29, 0.717) is 5.11 Å². The van der Waals surface area contributed by atoms with Crippen molar-refractivity contribution in [2.75, 3.05) is 10.6 Å². The molecule has 0 saturated carbocycles. The van der Waals surface area contributed by atoms with Crippen molar-refractivity contribution in [3.8, 4) is 0 Å². The van der Waals surface area contributed by atoms with Crippen LogP contribution in [-0.2, 0) is 13.0 Å². The van der Waals surface area contributed by atoms with Gasteiger partial charge in [0.05, 0.1) is 6.54 Å². The van der Waals surface area contributed by atoms with Gasteiger partial charge in [-0.05, 0) is 48.8 Å². The summed E-state index contributed by atoms with van der Waals surface area (Å²) in [6.45, 7) is 4.96. The van der Waals surface area contributed by atoms with Crippen LogP contribution >= 0.6 is 12.2 Å². The molecule has 2 aromatic carbocycles. The zero-order valence-corrected chi connectivity index (χ0v) is 15.3. The van der Waals surface area contributed by atoms with Crippen LogP contribution in [0.3, 0.4) is 0 Å². The van der Waals surface area contributed by atoms with Gasteiger partial charge in [-0.2, -0.15) is 5.10 Å². The Morgan fingerprint density at radius 1 is 0.960 bits per heavy atom. The third-order valence-electron chi connectivity index (χ3n) is 3.97. The van der Waals surface area contributed by atoms with Crippen LogP contribution in [0.1, 0.15) is 23.6 Å². The van der Waals surface area contributed by atoms with Gasteiger partial charge in [0.2, 0.25) is 0 Å². The maximum atomic E-state index is 5.36. The van der Waals surface area contributed by atoms with Gasteiger partial charge in [-0.1, -0.05) is 48.9 Å². The van der Waals surface area contributed by atoms with E-state index >= 15 is 0 Å². The van der Waals surface area contributed by atoms with Crippen LogP contribution in [-0.4, -0.2) is 14.9 Å². The molecular formula is C20H22N4S. The second-order valence-electron chi connectivity index (χ2n) is 6.01. The zero-order valence-electron chi connectivity index (χ0n) is 14.5. The molecule has 0 bridgehead atoms. The van der Waals surface area contributed by atoms with Gasteiger partial charge < -0.3 is 10.6 Å². The lowest BCUT2D eigenvalue weighted by atomic mass is 10.1. The molecule has 0 aliphatic carbocycles. The molecule has 25 heavy (non-hydrogen) atoms. The lowest BCUT2D eigenvalue weighted by Gasteiger charge is -2.09. The normalized spacial score (nSPS) is 10.5. The Balaban J connectivity index is 1.56. The highest BCUT2D eigenvalue weighted by molar-refractivity contribution is 7.80. The van der Waals surface area contributed by atoms with Crippen molar-refractivity contribution < 1.29 is 0 Å². The summed E-state index contributed by atoms with van der Waals surface area (Å²) in [6.07, 6.45) is 2.97. The fraction of sp³-hybridized carbons (Fsp3) is 0.200. The number of nitrogens with one attached hydrogen (secondary N) is 2. The molecule has 0 unspecified atom stereocenters. The molecule has 0 aliphatic rings. The predicted molar refractivity (Wildman–Crippen MR) is 108 cm³/mol. The largest absolute Gasteiger partial charge is 0.332 e. The maximum absolute atomic E-state index is 5.36. The Labute approximate surface area is 153 Å². The lowest BCUT2D eigenvalue weighted by molar-refractivity contribution is 0.690. The molecule has 3 rings (SSSR count). The molecule has 0 saturated heterocycles. The summed E-state index contributed by atoms with van der Waals surface area (Å²) in [7, 11) is 0. The smallest absolute Gasteiger partial charge is 0.176 e. The van der Waals surface area contributed by atoms with Crippen LogP contribution in [0.2, 0.25) is 0 Å². The van der Waals surface area contributed by atoms with Crippen molar-refractivity contribution >= 4 is 28.8 Å². The summed E-state index contributed by atoms with van der Waals surface area (Å²) >= 11 is 5.36. The number of nitrogens with zero attached hydrogens (tertiary/aromatic N) is 2. The quantitative estimate of drug-likeness (QED) is 0.659. The molecule has 0 amide bonds. The highest BCUT2D eigenvalue weighted by Crippen LogP contribution is 2.12. The number of hydrogen-bond acceptors (Lipinski definition) is 2. The van der Waals surface area contributed by atoms with E-state index < -0.39 is 0 Å². The molecule has 2 N–H and O–H groups in total. The average Bonchev–Trinajstić information content (AvgIpc) is 3.04. The minimum absolute atomic E-state index is 0.532. The van der Waals surface area contributed by atoms with Crippen molar-refractivity contribution in [1.82, 2.24) is 9.78 Å². The van der Waals surface area contributed by atoms with E-state index in [-0.39, 0.29) is 0 Å². The van der Waals surface area contributed by atoms with Gasteiger partial charge >= 0.3 is 0 Å². The number of benzene rings is 2. The monoisotopic (exact) mass is 350 g/mol. The van der Waals surface area contributed by atoms with Crippen LogP contribution < -0.4 is 10.6 Å². The number of anilines is 2. The van der Waals surface area contributed by atoms with Crippen molar-refractivity contribution in [2.45, 2.75) is 26.8 Å². The molecule has 0 radical (unpaired) electrons. The average molecular weight is 350 g/mol. The Hall–Kier alpha value is -2.66. The Kier molecular flexibility index (Phi) is 5.46. The van der Waals surface area contributed by atoms with E-state index in [1.807, 2.05) is 29.1 Å². The fourth-order valence-electron chi connectivity index (χ4n) is 2.50. The summed E-state index contributed by atoms with van der Waals surface area (Å²) in [4.78, 5) is 0. The summed E-state index contributed by atoms with van der Waals surface area (Å²) in [5.41, 5.74) is 4.75. The number of rotatable bonds is 5. The van der Waals surface area contributed by atoms with Gasteiger partial charge in [-0.3, -0.25) is 4.68 Å². The fourth-order valence-corrected chi connectivity index (χ4v) is 2.72. The molecule has 5 heteroatoms. The van der Waals surface area contributed by atoms with Crippen LogP contribution in [0.15, 0.2) is 60.8 Å². The first-order chi connectivity index (χ1) is 12.1. The summed E-state index contributed by atoms with van der Waals surface area (Å²) in [5.74, 6) is 0.731. The Bertz CT molecular complexity index is 835. The van der Waals surface area contributed by atoms with Gasteiger partial charge in [-0.25, -0.2) is 0 Å². The minimum atomic E-state index is 0.532.